The molecule has 5 nitrogen and oxygen atoms in total. The molecule has 26 heavy (non-hydrogen) atoms. The Morgan fingerprint density at radius 2 is 1.88 bits per heavy atom. The van der Waals surface area contributed by atoms with Crippen molar-refractivity contribution in [3.8, 4) is 0 Å². The van der Waals surface area contributed by atoms with Gasteiger partial charge < -0.3 is 4.90 Å². The highest BCUT2D eigenvalue weighted by Gasteiger charge is 2.27. The lowest BCUT2D eigenvalue weighted by Crippen LogP contribution is -2.31. The number of carbonyl (C=O) groups is 1. The van der Waals surface area contributed by atoms with E-state index in [9.17, 15) is 13.2 Å². The normalized spacial score (nSPS) is 13.6. The van der Waals surface area contributed by atoms with E-state index in [-0.39, 0.29) is 5.91 Å². The summed E-state index contributed by atoms with van der Waals surface area (Å²) in [7, 11) is -3.28. The Hall–Kier alpha value is -2.34. The van der Waals surface area contributed by atoms with Crippen molar-refractivity contribution >= 4 is 27.3 Å². The molecule has 138 valence electrons. The predicted octanol–water partition coefficient (Wildman–Crippen LogP) is 3.29. The smallest absolute Gasteiger partial charge is 0.258 e. The van der Waals surface area contributed by atoms with Crippen LogP contribution < -0.4 is 9.21 Å². The minimum Gasteiger partial charge on any atom is -0.308 e. The molecule has 0 atom stereocenters. The van der Waals surface area contributed by atoms with Gasteiger partial charge in [0.25, 0.3) is 5.91 Å². The monoisotopic (exact) mass is 372 g/mol. The molecule has 0 unspecified atom stereocenters. The highest BCUT2D eigenvalue weighted by Crippen LogP contribution is 2.31. The second kappa shape index (κ2) is 6.76. The molecule has 1 heterocycles. The Morgan fingerprint density at radius 1 is 1.15 bits per heavy atom. The molecule has 0 bridgehead atoms. The molecule has 6 heteroatoms. The number of benzene rings is 2. The molecule has 0 saturated carbocycles. The number of nitrogens with zero attached hydrogens (tertiary/aromatic N) is 2. The summed E-state index contributed by atoms with van der Waals surface area (Å²) in [5.41, 5.74) is 5.29. The largest absolute Gasteiger partial charge is 0.308 e. The minimum atomic E-state index is -3.28. The zero-order chi connectivity index (χ0) is 19.1. The molecule has 0 N–H and O–H groups in total. The molecular formula is C20H24N2O3S. The van der Waals surface area contributed by atoms with Gasteiger partial charge in [-0.2, -0.15) is 0 Å². The Kier molecular flexibility index (Phi) is 4.80. The molecule has 0 aliphatic carbocycles. The molecule has 3 rings (SSSR count). The summed E-state index contributed by atoms with van der Waals surface area (Å²) in [6.07, 6.45) is 1.83. The zero-order valence-corrected chi connectivity index (χ0v) is 16.4. The van der Waals surface area contributed by atoms with Gasteiger partial charge in [0.2, 0.25) is 10.0 Å². The van der Waals surface area contributed by atoms with E-state index in [1.54, 1.807) is 17.0 Å². The third-order valence-electron chi connectivity index (χ3n) is 4.78. The van der Waals surface area contributed by atoms with Gasteiger partial charge in [-0.15, -0.1) is 0 Å². The average Bonchev–Trinajstić information content (AvgIpc) is 3.00. The molecule has 1 aliphatic rings. The Labute approximate surface area is 155 Å². The van der Waals surface area contributed by atoms with Crippen LogP contribution in [-0.2, 0) is 16.4 Å². The first-order valence-electron chi connectivity index (χ1n) is 8.72. The summed E-state index contributed by atoms with van der Waals surface area (Å²) in [4.78, 5) is 14.8. The van der Waals surface area contributed by atoms with Gasteiger partial charge >= 0.3 is 0 Å². The summed E-state index contributed by atoms with van der Waals surface area (Å²) in [5.74, 6) is -0.0694. The van der Waals surface area contributed by atoms with E-state index in [0.717, 1.165) is 22.4 Å². The van der Waals surface area contributed by atoms with Crippen molar-refractivity contribution in [3.63, 3.8) is 0 Å². The number of fused-ring (bicyclic) bond motifs is 1. The summed E-state index contributed by atoms with van der Waals surface area (Å²) < 4.78 is 25.1. The van der Waals surface area contributed by atoms with Gasteiger partial charge in [-0.3, -0.25) is 9.10 Å². The maximum atomic E-state index is 13.1. The summed E-state index contributed by atoms with van der Waals surface area (Å²) in [5, 5.41) is 0. The topological polar surface area (TPSA) is 57.7 Å². The number of carbonyl (C=O) groups excluding carboxylic acids is 1. The summed E-state index contributed by atoms with van der Waals surface area (Å²) in [6, 6.07) is 11.3. The van der Waals surface area contributed by atoms with E-state index in [4.69, 9.17) is 0 Å². The van der Waals surface area contributed by atoms with Crippen LogP contribution in [-0.4, -0.2) is 33.7 Å². The van der Waals surface area contributed by atoms with Gasteiger partial charge in [0, 0.05) is 24.3 Å². The minimum absolute atomic E-state index is 0.0694. The first kappa shape index (κ1) is 18.5. The fourth-order valence-corrected chi connectivity index (χ4v) is 4.49. The summed E-state index contributed by atoms with van der Waals surface area (Å²) in [6.45, 7) is 6.99. The third kappa shape index (κ3) is 3.33. The van der Waals surface area contributed by atoms with Gasteiger partial charge in [-0.1, -0.05) is 17.7 Å². The van der Waals surface area contributed by atoms with Crippen molar-refractivity contribution in [2.45, 2.75) is 27.2 Å². The van der Waals surface area contributed by atoms with Crippen molar-refractivity contribution in [3.05, 3.63) is 58.7 Å². The molecule has 1 amide bonds. The maximum Gasteiger partial charge on any atom is 0.258 e. The van der Waals surface area contributed by atoms with E-state index in [2.05, 4.69) is 6.07 Å². The van der Waals surface area contributed by atoms with Crippen LogP contribution in [0, 0.1) is 13.8 Å². The van der Waals surface area contributed by atoms with Crippen LogP contribution in [0.15, 0.2) is 36.4 Å². The number of sulfonamides is 1. The Bertz CT molecular complexity index is 967. The van der Waals surface area contributed by atoms with Crippen LogP contribution in [0.25, 0.3) is 0 Å². The van der Waals surface area contributed by atoms with Crippen LogP contribution in [0.2, 0.25) is 0 Å². The van der Waals surface area contributed by atoms with E-state index >= 15 is 0 Å². The van der Waals surface area contributed by atoms with Gasteiger partial charge in [0.05, 0.1) is 11.9 Å². The molecule has 0 saturated heterocycles. The van der Waals surface area contributed by atoms with Crippen LogP contribution in [0.3, 0.4) is 0 Å². The lowest BCUT2D eigenvalue weighted by molar-refractivity contribution is 0.0988. The van der Waals surface area contributed by atoms with Crippen molar-refractivity contribution in [2.75, 3.05) is 28.6 Å². The Morgan fingerprint density at radius 3 is 2.50 bits per heavy atom. The number of hydrogen-bond acceptors (Lipinski definition) is 3. The molecule has 2 aromatic rings. The highest BCUT2D eigenvalue weighted by atomic mass is 32.2. The number of hydrogen-bond donors (Lipinski definition) is 0. The molecule has 0 fully saturated rings. The molecule has 0 radical (unpaired) electrons. The lowest BCUT2D eigenvalue weighted by Gasteiger charge is -2.24. The van der Waals surface area contributed by atoms with E-state index in [1.807, 2.05) is 39.0 Å². The van der Waals surface area contributed by atoms with Gasteiger partial charge in [-0.05, 0) is 62.6 Å². The molecule has 1 aliphatic heterocycles. The van der Waals surface area contributed by atoms with Gasteiger partial charge in [-0.25, -0.2) is 8.42 Å². The van der Waals surface area contributed by atoms with Crippen molar-refractivity contribution in [1.29, 1.82) is 0 Å². The molecule has 0 spiro atoms. The third-order valence-corrected chi connectivity index (χ3v) is 5.96. The molecular weight excluding hydrogens is 348 g/mol. The van der Waals surface area contributed by atoms with Crippen molar-refractivity contribution in [1.82, 2.24) is 0 Å². The number of aryl methyl sites for hydroxylation is 2. The Balaban J connectivity index is 1.95. The van der Waals surface area contributed by atoms with E-state index in [0.29, 0.717) is 30.8 Å². The van der Waals surface area contributed by atoms with E-state index < -0.39 is 10.0 Å². The highest BCUT2D eigenvalue weighted by molar-refractivity contribution is 7.92. The van der Waals surface area contributed by atoms with Gasteiger partial charge in [0.15, 0.2) is 0 Å². The summed E-state index contributed by atoms with van der Waals surface area (Å²) >= 11 is 0. The number of amides is 1. The fourth-order valence-electron chi connectivity index (χ4n) is 3.54. The standard InChI is InChI=1S/C20H24N2O3S/c1-5-21(18-8-6-14(2)12-15(18)3)20(23)17-7-9-19-16(13-17)10-11-22(19)26(4,24)25/h6-9,12-13H,5,10-11H2,1-4H3. The fraction of sp³-hybridized carbons (Fsp3) is 0.350. The molecule has 2 aromatic carbocycles. The second-order valence-electron chi connectivity index (χ2n) is 6.77. The number of anilines is 2. The van der Waals surface area contributed by atoms with Gasteiger partial charge in [0.1, 0.15) is 0 Å². The van der Waals surface area contributed by atoms with Crippen molar-refractivity contribution < 1.29 is 13.2 Å². The van der Waals surface area contributed by atoms with E-state index in [1.165, 1.54) is 10.6 Å². The van der Waals surface area contributed by atoms with Crippen LogP contribution in [0.4, 0.5) is 11.4 Å². The maximum absolute atomic E-state index is 13.1. The second-order valence-corrected chi connectivity index (χ2v) is 8.67. The average molecular weight is 372 g/mol. The first-order chi connectivity index (χ1) is 12.2. The first-order valence-corrected chi connectivity index (χ1v) is 10.6. The molecule has 0 aromatic heterocycles. The quantitative estimate of drug-likeness (QED) is 0.827. The zero-order valence-electron chi connectivity index (χ0n) is 15.6. The van der Waals surface area contributed by atoms with Crippen LogP contribution in [0.5, 0.6) is 0 Å². The van der Waals surface area contributed by atoms with Crippen LogP contribution in [0.1, 0.15) is 34.0 Å². The predicted molar refractivity (Wildman–Crippen MR) is 106 cm³/mol. The lowest BCUT2D eigenvalue weighted by atomic mass is 10.1. The SMILES string of the molecule is CCN(C(=O)c1ccc2c(c1)CCN2S(C)(=O)=O)c1ccc(C)cc1C. The van der Waals surface area contributed by atoms with Crippen LogP contribution >= 0.6 is 0 Å². The van der Waals surface area contributed by atoms with Crippen molar-refractivity contribution in [2.24, 2.45) is 0 Å². The number of rotatable bonds is 4.